The van der Waals surface area contributed by atoms with Crippen LogP contribution in [0.2, 0.25) is 10.0 Å². The highest BCUT2D eigenvalue weighted by atomic mass is 35.5. The first-order chi connectivity index (χ1) is 16.6. The Morgan fingerprint density at radius 2 is 1.09 bits per heavy atom. The molecule has 0 amide bonds. The first kappa shape index (κ1) is 29.2. The lowest BCUT2D eigenvalue weighted by molar-refractivity contribution is 0.480. The van der Waals surface area contributed by atoms with Crippen LogP contribution in [0.15, 0.2) is 12.1 Å². The third kappa shape index (κ3) is 10.3. The summed E-state index contributed by atoms with van der Waals surface area (Å²) in [5.74, 6) is 0.0491. The molecule has 192 valence electrons. The second kappa shape index (κ2) is 17.4. The number of benzene rings is 1. The first-order valence-electron chi connectivity index (χ1n) is 14.1. The molecular formula is C30H47Cl2NO. The zero-order valence-electron chi connectivity index (χ0n) is 21.7. The molecule has 2 aromatic rings. The van der Waals surface area contributed by atoms with Crippen LogP contribution < -0.4 is 0 Å². The summed E-state index contributed by atoms with van der Waals surface area (Å²) in [5, 5.41) is 12.2. The number of halogens is 2. The van der Waals surface area contributed by atoms with Crippen molar-refractivity contribution < 1.29 is 5.11 Å². The van der Waals surface area contributed by atoms with E-state index in [9.17, 15) is 5.11 Å². The quantitative estimate of drug-likeness (QED) is 0.191. The molecule has 1 N–H and O–H groups in total. The molecule has 2 rings (SSSR count). The van der Waals surface area contributed by atoms with E-state index in [-0.39, 0.29) is 10.8 Å². The molecule has 0 bridgehead atoms. The van der Waals surface area contributed by atoms with E-state index in [1.54, 1.807) is 6.07 Å². The summed E-state index contributed by atoms with van der Waals surface area (Å²) in [7, 11) is 0. The van der Waals surface area contributed by atoms with E-state index >= 15 is 0 Å². The summed E-state index contributed by atoms with van der Waals surface area (Å²) in [4.78, 5) is 4.89. The van der Waals surface area contributed by atoms with Gasteiger partial charge in [-0.15, -0.1) is 0 Å². The molecule has 0 aliphatic heterocycles. The van der Waals surface area contributed by atoms with Crippen LogP contribution in [-0.2, 0) is 12.8 Å². The molecule has 0 unspecified atom stereocenters. The van der Waals surface area contributed by atoms with Crippen molar-refractivity contribution in [1.82, 2.24) is 4.98 Å². The van der Waals surface area contributed by atoms with Gasteiger partial charge in [0.05, 0.1) is 10.0 Å². The lowest BCUT2D eigenvalue weighted by atomic mass is 9.98. The van der Waals surface area contributed by atoms with Gasteiger partial charge in [0.2, 0.25) is 0 Å². The number of rotatable bonds is 19. The minimum absolute atomic E-state index is 0.0491. The van der Waals surface area contributed by atoms with Gasteiger partial charge in [-0.3, -0.25) is 0 Å². The molecule has 0 atom stereocenters. The molecule has 0 saturated carbocycles. The predicted molar refractivity (Wildman–Crippen MR) is 151 cm³/mol. The Balaban J connectivity index is 1.93. The van der Waals surface area contributed by atoms with Crippen LogP contribution in [0, 0.1) is 0 Å². The molecule has 34 heavy (non-hydrogen) atoms. The number of fused-ring (bicyclic) bond motifs is 1. The van der Waals surface area contributed by atoms with Crippen molar-refractivity contribution in [3.8, 4) is 5.75 Å². The fourth-order valence-electron chi connectivity index (χ4n) is 4.81. The van der Waals surface area contributed by atoms with E-state index in [2.05, 4.69) is 19.9 Å². The smallest absolute Gasteiger partial charge is 0.160 e. The van der Waals surface area contributed by atoms with Crippen molar-refractivity contribution in [3.05, 3.63) is 33.4 Å². The normalized spacial score (nSPS) is 11.5. The number of phenols is 1. The van der Waals surface area contributed by atoms with Crippen LogP contribution in [0.3, 0.4) is 0 Å². The highest BCUT2D eigenvalue weighted by Crippen LogP contribution is 2.37. The lowest BCUT2D eigenvalue weighted by Gasteiger charge is -2.13. The highest BCUT2D eigenvalue weighted by molar-refractivity contribution is 6.39. The van der Waals surface area contributed by atoms with E-state index in [1.807, 2.05) is 0 Å². The van der Waals surface area contributed by atoms with E-state index in [4.69, 9.17) is 28.2 Å². The van der Waals surface area contributed by atoms with Gasteiger partial charge in [0.15, 0.2) is 5.75 Å². The number of aromatic hydroxyl groups is 1. The molecule has 0 spiro atoms. The monoisotopic (exact) mass is 507 g/mol. The number of unbranched alkanes of at least 4 members (excludes halogenated alkanes) is 15. The van der Waals surface area contributed by atoms with Crippen molar-refractivity contribution in [3.63, 3.8) is 0 Å². The van der Waals surface area contributed by atoms with Gasteiger partial charge in [0, 0.05) is 11.1 Å². The number of aromatic nitrogens is 1. The number of phenolic OH excluding ortho intramolecular Hbond substituents is 1. The van der Waals surface area contributed by atoms with Gasteiger partial charge in [-0.2, -0.15) is 0 Å². The predicted octanol–water partition coefficient (Wildman–Crippen LogP) is 11.0. The van der Waals surface area contributed by atoms with Crippen LogP contribution in [0.5, 0.6) is 5.75 Å². The number of hydrogen-bond donors (Lipinski definition) is 1. The molecule has 1 heterocycles. The molecule has 4 heteroatoms. The third-order valence-corrected chi connectivity index (χ3v) is 7.57. The summed E-state index contributed by atoms with van der Waals surface area (Å²) in [5.41, 5.74) is 2.96. The van der Waals surface area contributed by atoms with Crippen LogP contribution in [0.25, 0.3) is 10.9 Å². The van der Waals surface area contributed by atoms with Gasteiger partial charge >= 0.3 is 0 Å². The Morgan fingerprint density at radius 1 is 0.618 bits per heavy atom. The maximum absolute atomic E-state index is 10.5. The molecule has 1 aromatic heterocycles. The molecule has 0 aliphatic rings. The second-order valence-corrected chi connectivity index (χ2v) is 10.8. The molecule has 0 radical (unpaired) electrons. The first-order valence-corrected chi connectivity index (χ1v) is 14.8. The Morgan fingerprint density at radius 3 is 1.62 bits per heavy atom. The summed E-state index contributed by atoms with van der Waals surface area (Å²) in [6, 6.07) is 3.79. The Hall–Kier alpha value is -0.990. The summed E-state index contributed by atoms with van der Waals surface area (Å²) < 4.78 is 0. The molecule has 0 saturated heterocycles. The lowest BCUT2D eigenvalue weighted by Crippen LogP contribution is -2.01. The Kier molecular flexibility index (Phi) is 15.0. The van der Waals surface area contributed by atoms with E-state index in [0.717, 1.165) is 30.3 Å². The minimum atomic E-state index is 0.0491. The zero-order chi connectivity index (χ0) is 24.6. The molecular weight excluding hydrogens is 461 g/mol. The fourth-order valence-corrected chi connectivity index (χ4v) is 5.32. The molecule has 1 aromatic carbocycles. The van der Waals surface area contributed by atoms with Gasteiger partial charge in [0.1, 0.15) is 5.52 Å². The summed E-state index contributed by atoms with van der Waals surface area (Å²) in [6.07, 6.45) is 24.3. The number of aryl methyl sites for hydroxylation is 2. The highest BCUT2D eigenvalue weighted by Gasteiger charge is 2.15. The zero-order valence-corrected chi connectivity index (χ0v) is 23.3. The average molecular weight is 509 g/mol. The molecule has 0 aliphatic carbocycles. The van der Waals surface area contributed by atoms with Gasteiger partial charge in [-0.1, -0.05) is 133 Å². The van der Waals surface area contributed by atoms with Crippen LogP contribution in [0.4, 0.5) is 0 Å². The van der Waals surface area contributed by atoms with Crippen LogP contribution in [0.1, 0.15) is 134 Å². The van der Waals surface area contributed by atoms with Crippen molar-refractivity contribution in [1.29, 1.82) is 0 Å². The van der Waals surface area contributed by atoms with Crippen LogP contribution in [-0.4, -0.2) is 10.1 Å². The number of pyridine rings is 1. The SMILES string of the molecule is CCCCCCCCCCCc1nc2c(O)c(Cl)cc(Cl)c2cc1CCCCCCCCCC. The van der Waals surface area contributed by atoms with Crippen molar-refractivity contribution >= 4 is 34.1 Å². The Bertz CT molecular complexity index is 836. The van der Waals surface area contributed by atoms with E-state index in [0.29, 0.717) is 10.5 Å². The van der Waals surface area contributed by atoms with Gasteiger partial charge < -0.3 is 5.11 Å². The van der Waals surface area contributed by atoms with Crippen molar-refractivity contribution in [2.24, 2.45) is 0 Å². The summed E-state index contributed by atoms with van der Waals surface area (Å²) in [6.45, 7) is 4.54. The standard InChI is InChI=1S/C30H47Cl2NO/c1-3-5-7-9-11-13-15-17-19-21-28-24(20-18-16-14-12-10-8-6-4-2)22-25-26(31)23-27(32)30(34)29(25)33-28/h22-23,34H,3-21H2,1-2H3. The average Bonchev–Trinajstić information content (AvgIpc) is 2.83. The second-order valence-electron chi connectivity index (χ2n) is 9.98. The largest absolute Gasteiger partial charge is 0.504 e. The molecule has 2 nitrogen and oxygen atoms in total. The number of nitrogens with zero attached hydrogens (tertiary/aromatic N) is 1. The van der Waals surface area contributed by atoms with Gasteiger partial charge in [-0.05, 0) is 43.4 Å². The van der Waals surface area contributed by atoms with E-state index in [1.165, 1.54) is 108 Å². The van der Waals surface area contributed by atoms with Crippen molar-refractivity contribution in [2.75, 3.05) is 0 Å². The Labute approximate surface area is 218 Å². The van der Waals surface area contributed by atoms with E-state index < -0.39 is 0 Å². The van der Waals surface area contributed by atoms with Gasteiger partial charge in [-0.25, -0.2) is 4.98 Å². The summed E-state index contributed by atoms with van der Waals surface area (Å²) >= 11 is 12.7. The topological polar surface area (TPSA) is 33.1 Å². The minimum Gasteiger partial charge on any atom is -0.504 e. The maximum atomic E-state index is 10.5. The molecule has 0 fully saturated rings. The third-order valence-electron chi connectivity index (χ3n) is 6.97. The van der Waals surface area contributed by atoms with Crippen molar-refractivity contribution in [2.45, 2.75) is 136 Å². The number of hydrogen-bond acceptors (Lipinski definition) is 2. The van der Waals surface area contributed by atoms with Crippen LogP contribution >= 0.6 is 23.2 Å². The maximum Gasteiger partial charge on any atom is 0.160 e. The van der Waals surface area contributed by atoms with Gasteiger partial charge in [0.25, 0.3) is 0 Å². The fraction of sp³-hybridized carbons (Fsp3) is 0.700.